The summed E-state index contributed by atoms with van der Waals surface area (Å²) in [5.41, 5.74) is 0.551. The summed E-state index contributed by atoms with van der Waals surface area (Å²) in [6.07, 6.45) is 5.55. The fraction of sp³-hybridized carbons (Fsp3) is 0.562. The van der Waals surface area contributed by atoms with Crippen molar-refractivity contribution in [3.05, 3.63) is 24.5 Å². The van der Waals surface area contributed by atoms with Crippen LogP contribution in [-0.2, 0) is 4.79 Å². The Morgan fingerprint density at radius 2 is 1.95 bits per heavy atom. The lowest BCUT2D eigenvalue weighted by molar-refractivity contribution is -0.130. The van der Waals surface area contributed by atoms with Crippen molar-refractivity contribution < 1.29 is 10.0 Å². The summed E-state index contributed by atoms with van der Waals surface area (Å²) in [6, 6.07) is 3.57. The number of anilines is 1. The number of rotatable bonds is 2. The average molecular weight is 287 g/mol. The first-order chi connectivity index (χ1) is 9.87. The van der Waals surface area contributed by atoms with E-state index < -0.39 is 5.41 Å². The number of carbonyl (C=O) groups excluding carboxylic acids is 1. The summed E-state index contributed by atoms with van der Waals surface area (Å²) in [4.78, 5) is 16.9. The van der Waals surface area contributed by atoms with Gasteiger partial charge in [0.15, 0.2) is 0 Å². The van der Waals surface area contributed by atoms with E-state index in [1.807, 2.05) is 0 Å². The second-order valence-corrected chi connectivity index (χ2v) is 6.95. The van der Waals surface area contributed by atoms with Gasteiger partial charge in [-0.1, -0.05) is 25.9 Å². The number of carbonyl (C=O) groups is 1. The van der Waals surface area contributed by atoms with Crippen molar-refractivity contribution in [2.45, 2.75) is 40.0 Å². The summed E-state index contributed by atoms with van der Waals surface area (Å²) in [5, 5.41) is 15.8. The minimum absolute atomic E-state index is 0.0149. The first-order valence-electron chi connectivity index (χ1n) is 7.30. The van der Waals surface area contributed by atoms with Gasteiger partial charge in [0.25, 0.3) is 0 Å². The maximum Gasteiger partial charge on any atom is 0.231 e. The van der Waals surface area contributed by atoms with Crippen LogP contribution in [0, 0.1) is 16.2 Å². The minimum atomic E-state index is -0.507. The molecule has 2 unspecified atom stereocenters. The van der Waals surface area contributed by atoms with Crippen LogP contribution in [0.25, 0.3) is 0 Å². The van der Waals surface area contributed by atoms with Crippen molar-refractivity contribution in [3.63, 3.8) is 0 Å². The highest BCUT2D eigenvalue weighted by atomic mass is 16.4. The highest BCUT2D eigenvalue weighted by Crippen LogP contribution is 2.71. The van der Waals surface area contributed by atoms with Gasteiger partial charge in [-0.25, -0.2) is 0 Å². The third kappa shape index (κ3) is 1.60. The van der Waals surface area contributed by atoms with Gasteiger partial charge in [-0.2, -0.15) is 0 Å². The molecule has 5 nitrogen and oxygen atoms in total. The Kier molecular flexibility index (Phi) is 2.87. The number of amides is 1. The number of fused-ring (bicyclic) bond motifs is 2. The van der Waals surface area contributed by atoms with Crippen molar-refractivity contribution in [3.8, 4) is 0 Å². The number of oxime groups is 1. The molecule has 2 N–H and O–H groups in total. The summed E-state index contributed by atoms with van der Waals surface area (Å²) in [6.45, 7) is 6.34. The second-order valence-electron chi connectivity index (χ2n) is 6.95. The van der Waals surface area contributed by atoms with Gasteiger partial charge >= 0.3 is 0 Å². The van der Waals surface area contributed by atoms with Crippen molar-refractivity contribution in [1.82, 2.24) is 4.98 Å². The van der Waals surface area contributed by atoms with Crippen LogP contribution in [0.3, 0.4) is 0 Å². The van der Waals surface area contributed by atoms with Crippen LogP contribution in [0.2, 0.25) is 0 Å². The standard InChI is InChI=1S/C16H21N3O2/c1-14(2)15(3)6-7-16(14,10-12(15)19-21)13(20)18-11-4-8-17-9-5-11/h4-5,8-9,21H,6-7,10H2,1-3H3,(H,17,18,20). The molecule has 0 spiro atoms. The molecule has 0 radical (unpaired) electrons. The number of nitrogens with zero attached hydrogens (tertiary/aromatic N) is 2. The van der Waals surface area contributed by atoms with E-state index in [-0.39, 0.29) is 16.7 Å². The van der Waals surface area contributed by atoms with Gasteiger partial charge in [0, 0.05) is 29.9 Å². The van der Waals surface area contributed by atoms with Gasteiger partial charge in [0.1, 0.15) is 0 Å². The molecule has 2 saturated carbocycles. The van der Waals surface area contributed by atoms with Crippen LogP contribution < -0.4 is 5.32 Å². The lowest BCUT2D eigenvalue weighted by Gasteiger charge is -2.39. The second kappa shape index (κ2) is 4.29. The fourth-order valence-electron chi connectivity index (χ4n) is 4.22. The highest BCUT2D eigenvalue weighted by molar-refractivity contribution is 6.06. The van der Waals surface area contributed by atoms with Gasteiger partial charge in [-0.05, 0) is 30.4 Å². The van der Waals surface area contributed by atoms with Crippen molar-refractivity contribution >= 4 is 17.3 Å². The smallest absolute Gasteiger partial charge is 0.231 e. The average Bonchev–Trinajstić information content (AvgIpc) is 2.78. The van der Waals surface area contributed by atoms with Crippen LogP contribution in [0.5, 0.6) is 0 Å². The Bertz CT molecular complexity index is 611. The van der Waals surface area contributed by atoms with Crippen molar-refractivity contribution in [1.29, 1.82) is 0 Å². The molecule has 2 aliphatic carbocycles. The van der Waals surface area contributed by atoms with Crippen LogP contribution in [-0.4, -0.2) is 21.8 Å². The zero-order valence-corrected chi connectivity index (χ0v) is 12.7. The van der Waals surface area contributed by atoms with E-state index in [0.29, 0.717) is 6.42 Å². The molecule has 1 amide bonds. The lowest BCUT2D eigenvalue weighted by atomic mass is 9.64. The summed E-state index contributed by atoms with van der Waals surface area (Å²) < 4.78 is 0. The number of hydrogen-bond acceptors (Lipinski definition) is 4. The van der Waals surface area contributed by atoms with Gasteiger partial charge < -0.3 is 10.5 Å². The van der Waals surface area contributed by atoms with E-state index in [9.17, 15) is 10.0 Å². The topological polar surface area (TPSA) is 74.6 Å². The van der Waals surface area contributed by atoms with Crippen molar-refractivity contribution in [2.24, 2.45) is 21.4 Å². The molecule has 2 bridgehead atoms. The van der Waals surface area contributed by atoms with Gasteiger partial charge in [0.05, 0.1) is 11.1 Å². The number of nitrogens with one attached hydrogen (secondary N) is 1. The third-order valence-electron chi connectivity index (χ3n) is 6.23. The molecule has 21 heavy (non-hydrogen) atoms. The highest BCUT2D eigenvalue weighted by Gasteiger charge is 2.71. The maximum absolute atomic E-state index is 12.9. The van der Waals surface area contributed by atoms with Crippen LogP contribution >= 0.6 is 0 Å². The molecule has 5 heteroatoms. The zero-order chi connectivity index (χ0) is 15.3. The van der Waals surface area contributed by atoms with Crippen LogP contribution in [0.1, 0.15) is 40.0 Å². The molecule has 0 aliphatic heterocycles. The molecule has 2 aliphatic rings. The predicted octanol–water partition coefficient (Wildman–Crippen LogP) is 3.07. The Morgan fingerprint density at radius 1 is 1.29 bits per heavy atom. The van der Waals surface area contributed by atoms with E-state index in [1.165, 1.54) is 0 Å². The zero-order valence-electron chi connectivity index (χ0n) is 12.7. The quantitative estimate of drug-likeness (QED) is 0.648. The Labute approximate surface area is 124 Å². The minimum Gasteiger partial charge on any atom is -0.411 e. The molecule has 1 heterocycles. The molecular weight excluding hydrogens is 266 g/mol. The van der Waals surface area contributed by atoms with Gasteiger partial charge in [0.2, 0.25) is 5.91 Å². The van der Waals surface area contributed by atoms with E-state index in [4.69, 9.17) is 0 Å². The summed E-state index contributed by atoms with van der Waals surface area (Å²) >= 11 is 0. The van der Waals surface area contributed by atoms with E-state index in [0.717, 1.165) is 24.2 Å². The van der Waals surface area contributed by atoms with E-state index >= 15 is 0 Å². The van der Waals surface area contributed by atoms with E-state index in [1.54, 1.807) is 24.5 Å². The van der Waals surface area contributed by atoms with Gasteiger partial charge in [-0.15, -0.1) is 0 Å². The molecule has 0 saturated heterocycles. The summed E-state index contributed by atoms with van der Waals surface area (Å²) in [7, 11) is 0. The Morgan fingerprint density at radius 3 is 2.52 bits per heavy atom. The van der Waals surface area contributed by atoms with Crippen LogP contribution in [0.15, 0.2) is 29.7 Å². The molecule has 0 aromatic carbocycles. The molecule has 3 rings (SSSR count). The molecule has 2 atom stereocenters. The fourth-order valence-corrected chi connectivity index (χ4v) is 4.22. The SMILES string of the molecule is CC12CCC(C(=O)Nc3ccncc3)(CC1=NO)C2(C)C. The predicted molar refractivity (Wildman–Crippen MR) is 80.3 cm³/mol. The first-order valence-corrected chi connectivity index (χ1v) is 7.30. The first kappa shape index (κ1) is 14.0. The molecular formula is C16H21N3O2. The lowest BCUT2D eigenvalue weighted by Crippen LogP contribution is -2.43. The summed E-state index contributed by atoms with van der Waals surface area (Å²) in [5.74, 6) is 0.0149. The normalized spacial score (nSPS) is 35.1. The number of aromatic nitrogens is 1. The van der Waals surface area contributed by atoms with Crippen LogP contribution in [0.4, 0.5) is 5.69 Å². The monoisotopic (exact) mass is 287 g/mol. The Hall–Kier alpha value is -1.91. The number of pyridine rings is 1. The van der Waals surface area contributed by atoms with Crippen molar-refractivity contribution in [2.75, 3.05) is 5.32 Å². The molecule has 2 fully saturated rings. The molecule has 1 aromatic heterocycles. The largest absolute Gasteiger partial charge is 0.411 e. The molecule has 1 aromatic rings. The third-order valence-corrected chi connectivity index (χ3v) is 6.23. The van der Waals surface area contributed by atoms with E-state index in [2.05, 4.69) is 36.2 Å². The molecule has 112 valence electrons. The Balaban J connectivity index is 1.96. The number of hydrogen-bond donors (Lipinski definition) is 2. The maximum atomic E-state index is 12.9. The van der Waals surface area contributed by atoms with Gasteiger partial charge in [-0.3, -0.25) is 9.78 Å².